The third-order valence-electron chi connectivity index (χ3n) is 3.35. The van der Waals surface area contributed by atoms with E-state index in [4.69, 9.17) is 0 Å². The zero-order chi connectivity index (χ0) is 10.1. The molecule has 0 heterocycles. The second-order valence-corrected chi connectivity index (χ2v) is 4.55. The van der Waals surface area contributed by atoms with Crippen LogP contribution < -0.4 is 5.32 Å². The van der Waals surface area contributed by atoms with Gasteiger partial charge in [-0.05, 0) is 43.4 Å². The van der Waals surface area contributed by atoms with Gasteiger partial charge < -0.3 is 5.32 Å². The Bertz CT molecular complexity index is 330. The first-order valence-electron chi connectivity index (χ1n) is 5.46. The summed E-state index contributed by atoms with van der Waals surface area (Å²) in [5.74, 6) is 1.51. The SMILES string of the molecule is CNCC1c2cc(C)ccc2CC1C. The average molecular weight is 189 g/mol. The molecule has 2 unspecified atom stereocenters. The lowest BCUT2D eigenvalue weighted by molar-refractivity contribution is 0.480. The first-order chi connectivity index (χ1) is 6.72. The number of rotatable bonds is 2. The highest BCUT2D eigenvalue weighted by Crippen LogP contribution is 2.37. The molecule has 0 bridgehead atoms. The molecule has 1 nitrogen and oxygen atoms in total. The van der Waals surface area contributed by atoms with Gasteiger partial charge in [0.2, 0.25) is 0 Å². The Kier molecular flexibility index (Phi) is 2.60. The Morgan fingerprint density at radius 2 is 2.21 bits per heavy atom. The molecule has 0 radical (unpaired) electrons. The lowest BCUT2D eigenvalue weighted by atomic mass is 9.93. The summed E-state index contributed by atoms with van der Waals surface area (Å²) < 4.78 is 0. The van der Waals surface area contributed by atoms with E-state index in [1.165, 1.54) is 12.0 Å². The first-order valence-corrected chi connectivity index (χ1v) is 5.46. The van der Waals surface area contributed by atoms with Crippen molar-refractivity contribution in [1.29, 1.82) is 0 Å². The molecule has 0 aromatic heterocycles. The molecule has 1 aromatic rings. The number of aryl methyl sites for hydroxylation is 1. The van der Waals surface area contributed by atoms with Crippen molar-refractivity contribution in [2.24, 2.45) is 5.92 Å². The Morgan fingerprint density at radius 1 is 1.43 bits per heavy atom. The number of hydrogen-bond donors (Lipinski definition) is 1. The summed E-state index contributed by atoms with van der Waals surface area (Å²) >= 11 is 0. The summed E-state index contributed by atoms with van der Waals surface area (Å²) in [4.78, 5) is 0. The number of hydrogen-bond acceptors (Lipinski definition) is 1. The highest BCUT2D eigenvalue weighted by Gasteiger charge is 2.28. The molecule has 1 aliphatic rings. The number of fused-ring (bicyclic) bond motifs is 1. The van der Waals surface area contributed by atoms with Gasteiger partial charge in [-0.15, -0.1) is 0 Å². The second-order valence-electron chi connectivity index (χ2n) is 4.55. The first kappa shape index (κ1) is 9.72. The topological polar surface area (TPSA) is 12.0 Å². The Morgan fingerprint density at radius 3 is 2.93 bits per heavy atom. The van der Waals surface area contributed by atoms with E-state index >= 15 is 0 Å². The van der Waals surface area contributed by atoms with E-state index in [1.54, 1.807) is 11.1 Å². The number of likely N-dealkylation sites (N-methyl/N-ethyl adjacent to an activating group) is 1. The maximum atomic E-state index is 3.30. The van der Waals surface area contributed by atoms with Crippen molar-refractivity contribution < 1.29 is 0 Å². The van der Waals surface area contributed by atoms with E-state index in [1.807, 2.05) is 7.05 Å². The van der Waals surface area contributed by atoms with Crippen LogP contribution >= 0.6 is 0 Å². The standard InChI is InChI=1S/C13H19N/c1-9-4-5-11-7-10(2)13(8-14-3)12(11)6-9/h4-6,10,13-14H,7-8H2,1-3H3. The fourth-order valence-corrected chi connectivity index (χ4v) is 2.57. The molecule has 0 saturated heterocycles. The summed E-state index contributed by atoms with van der Waals surface area (Å²) in [6.45, 7) is 5.65. The molecular formula is C13H19N. The Hall–Kier alpha value is -0.820. The third-order valence-corrected chi connectivity index (χ3v) is 3.35. The van der Waals surface area contributed by atoms with Gasteiger partial charge in [-0.25, -0.2) is 0 Å². The fourth-order valence-electron chi connectivity index (χ4n) is 2.57. The molecule has 76 valence electrons. The second kappa shape index (κ2) is 3.74. The van der Waals surface area contributed by atoms with Crippen LogP contribution in [0.3, 0.4) is 0 Å². The molecule has 1 heteroatoms. The van der Waals surface area contributed by atoms with Crippen molar-refractivity contribution in [3.63, 3.8) is 0 Å². The highest BCUT2D eigenvalue weighted by atomic mass is 14.8. The monoisotopic (exact) mass is 189 g/mol. The maximum Gasteiger partial charge on any atom is 0.00199 e. The van der Waals surface area contributed by atoms with Gasteiger partial charge in [-0.3, -0.25) is 0 Å². The van der Waals surface area contributed by atoms with Gasteiger partial charge >= 0.3 is 0 Å². The minimum Gasteiger partial charge on any atom is -0.319 e. The number of nitrogens with one attached hydrogen (secondary N) is 1. The average Bonchev–Trinajstić information content (AvgIpc) is 2.45. The molecule has 1 N–H and O–H groups in total. The van der Waals surface area contributed by atoms with Gasteiger partial charge in [0.15, 0.2) is 0 Å². The summed E-state index contributed by atoms with van der Waals surface area (Å²) in [5.41, 5.74) is 4.52. The van der Waals surface area contributed by atoms with E-state index in [9.17, 15) is 0 Å². The van der Waals surface area contributed by atoms with Crippen molar-refractivity contribution in [3.05, 3.63) is 34.9 Å². The fraction of sp³-hybridized carbons (Fsp3) is 0.538. The van der Waals surface area contributed by atoms with E-state index in [-0.39, 0.29) is 0 Å². The van der Waals surface area contributed by atoms with Crippen LogP contribution in [0.1, 0.15) is 29.5 Å². The molecule has 0 fully saturated rings. The number of benzene rings is 1. The third kappa shape index (κ3) is 1.57. The molecule has 14 heavy (non-hydrogen) atoms. The molecule has 1 aromatic carbocycles. The minimum absolute atomic E-state index is 0.717. The Balaban J connectivity index is 2.34. The Labute approximate surface area is 86.5 Å². The van der Waals surface area contributed by atoms with Crippen LogP contribution in [-0.2, 0) is 6.42 Å². The quantitative estimate of drug-likeness (QED) is 0.753. The van der Waals surface area contributed by atoms with E-state index in [2.05, 4.69) is 37.4 Å². The van der Waals surface area contributed by atoms with Crippen LogP contribution in [0.2, 0.25) is 0 Å². The summed E-state index contributed by atoms with van der Waals surface area (Å²) in [6.07, 6.45) is 1.25. The van der Waals surface area contributed by atoms with Crippen LogP contribution in [0.15, 0.2) is 18.2 Å². The largest absolute Gasteiger partial charge is 0.319 e. The van der Waals surface area contributed by atoms with Crippen molar-refractivity contribution in [3.8, 4) is 0 Å². The van der Waals surface area contributed by atoms with Crippen LogP contribution in [0, 0.1) is 12.8 Å². The van der Waals surface area contributed by atoms with Crippen molar-refractivity contribution >= 4 is 0 Å². The van der Waals surface area contributed by atoms with Gasteiger partial charge in [0.05, 0.1) is 0 Å². The maximum absolute atomic E-state index is 3.30. The zero-order valence-electron chi connectivity index (χ0n) is 9.30. The predicted octanol–water partition coefficient (Wildman–Crippen LogP) is 2.49. The van der Waals surface area contributed by atoms with Crippen LogP contribution in [0.25, 0.3) is 0 Å². The van der Waals surface area contributed by atoms with Crippen LogP contribution in [0.5, 0.6) is 0 Å². The summed E-state index contributed by atoms with van der Waals surface area (Å²) in [6, 6.07) is 6.89. The molecular weight excluding hydrogens is 170 g/mol. The molecule has 0 saturated carbocycles. The predicted molar refractivity (Wildman–Crippen MR) is 60.7 cm³/mol. The lowest BCUT2D eigenvalue weighted by Gasteiger charge is -2.16. The normalized spacial score (nSPS) is 25.1. The van der Waals surface area contributed by atoms with Gasteiger partial charge in [0, 0.05) is 6.54 Å². The van der Waals surface area contributed by atoms with Crippen LogP contribution in [-0.4, -0.2) is 13.6 Å². The van der Waals surface area contributed by atoms with E-state index in [0.717, 1.165) is 18.4 Å². The molecule has 2 atom stereocenters. The van der Waals surface area contributed by atoms with Gasteiger partial charge in [0.25, 0.3) is 0 Å². The molecule has 0 spiro atoms. The molecule has 0 aliphatic heterocycles. The van der Waals surface area contributed by atoms with Crippen molar-refractivity contribution in [1.82, 2.24) is 5.32 Å². The summed E-state index contributed by atoms with van der Waals surface area (Å²) in [5, 5.41) is 3.30. The molecule has 1 aliphatic carbocycles. The van der Waals surface area contributed by atoms with Gasteiger partial charge in [-0.1, -0.05) is 30.7 Å². The lowest BCUT2D eigenvalue weighted by Crippen LogP contribution is -2.19. The van der Waals surface area contributed by atoms with E-state index < -0.39 is 0 Å². The summed E-state index contributed by atoms with van der Waals surface area (Å²) in [7, 11) is 2.04. The van der Waals surface area contributed by atoms with Crippen LogP contribution in [0.4, 0.5) is 0 Å². The van der Waals surface area contributed by atoms with Crippen molar-refractivity contribution in [2.45, 2.75) is 26.2 Å². The molecule has 2 rings (SSSR count). The van der Waals surface area contributed by atoms with Gasteiger partial charge in [0.1, 0.15) is 0 Å². The minimum atomic E-state index is 0.717. The van der Waals surface area contributed by atoms with Crippen molar-refractivity contribution in [2.75, 3.05) is 13.6 Å². The van der Waals surface area contributed by atoms with E-state index in [0.29, 0.717) is 0 Å². The molecule has 0 amide bonds. The highest BCUT2D eigenvalue weighted by molar-refractivity contribution is 5.39. The smallest absolute Gasteiger partial charge is 0.00199 e. The zero-order valence-corrected chi connectivity index (χ0v) is 9.30. The van der Waals surface area contributed by atoms with Gasteiger partial charge in [-0.2, -0.15) is 0 Å².